The molecule has 218 valence electrons. The lowest BCUT2D eigenvalue weighted by Crippen LogP contribution is -2.54. The minimum absolute atomic E-state index is 0.0306. The summed E-state index contributed by atoms with van der Waals surface area (Å²) in [5.41, 5.74) is 1.92. The van der Waals surface area contributed by atoms with E-state index in [9.17, 15) is 22.4 Å². The molecule has 1 atom stereocenters. The number of anilines is 1. The zero-order valence-corrected chi connectivity index (χ0v) is 24.4. The highest BCUT2D eigenvalue weighted by molar-refractivity contribution is 7.92. The number of sulfonamides is 1. The van der Waals surface area contributed by atoms with Crippen molar-refractivity contribution in [1.82, 2.24) is 10.2 Å². The third kappa shape index (κ3) is 7.73. The van der Waals surface area contributed by atoms with Crippen LogP contribution >= 0.6 is 0 Å². The molecular formula is C32H38FN3O4S. The van der Waals surface area contributed by atoms with Gasteiger partial charge in [0.1, 0.15) is 18.4 Å². The summed E-state index contributed by atoms with van der Waals surface area (Å²) >= 11 is 0. The van der Waals surface area contributed by atoms with Crippen molar-refractivity contribution in [3.05, 3.63) is 95.8 Å². The number of aryl methyl sites for hydroxylation is 1. The number of hydrogen-bond acceptors (Lipinski definition) is 4. The summed E-state index contributed by atoms with van der Waals surface area (Å²) in [5.74, 6) is -1.20. The van der Waals surface area contributed by atoms with Crippen LogP contribution in [0.2, 0.25) is 0 Å². The molecule has 0 unspecified atom stereocenters. The molecule has 3 aromatic carbocycles. The van der Waals surface area contributed by atoms with Gasteiger partial charge in [-0.15, -0.1) is 0 Å². The van der Waals surface area contributed by atoms with Gasteiger partial charge in [0, 0.05) is 12.6 Å². The summed E-state index contributed by atoms with van der Waals surface area (Å²) in [7, 11) is -4.11. The number of nitrogens with zero attached hydrogens (tertiary/aromatic N) is 2. The van der Waals surface area contributed by atoms with Gasteiger partial charge in [-0.25, -0.2) is 12.8 Å². The summed E-state index contributed by atoms with van der Waals surface area (Å²) in [5, 5.41) is 3.12. The number of halogens is 1. The lowest BCUT2D eigenvalue weighted by molar-refractivity contribution is -0.140. The van der Waals surface area contributed by atoms with Gasteiger partial charge in [0.15, 0.2) is 0 Å². The molecule has 1 aliphatic carbocycles. The highest BCUT2D eigenvalue weighted by atomic mass is 32.2. The summed E-state index contributed by atoms with van der Waals surface area (Å²) < 4.78 is 42.4. The molecule has 3 aromatic rings. The van der Waals surface area contributed by atoms with Gasteiger partial charge in [0.2, 0.25) is 11.8 Å². The summed E-state index contributed by atoms with van der Waals surface area (Å²) in [6.07, 6.45) is 5.35. The number of carbonyl (C=O) groups is 2. The van der Waals surface area contributed by atoms with E-state index in [1.165, 1.54) is 29.2 Å². The predicted molar refractivity (Wildman–Crippen MR) is 158 cm³/mol. The van der Waals surface area contributed by atoms with Gasteiger partial charge in [-0.2, -0.15) is 0 Å². The Labute approximate surface area is 242 Å². The van der Waals surface area contributed by atoms with Gasteiger partial charge in [-0.05, 0) is 68.1 Å². The maximum atomic E-state index is 14.1. The van der Waals surface area contributed by atoms with Crippen molar-refractivity contribution < 1.29 is 22.4 Å². The molecule has 0 saturated heterocycles. The molecule has 41 heavy (non-hydrogen) atoms. The Morgan fingerprint density at radius 3 is 2.17 bits per heavy atom. The third-order valence-corrected chi connectivity index (χ3v) is 9.32. The Kier molecular flexibility index (Phi) is 10.2. The van der Waals surface area contributed by atoms with Crippen LogP contribution in [0.5, 0.6) is 0 Å². The molecule has 0 radical (unpaired) electrons. The quantitative estimate of drug-likeness (QED) is 0.321. The van der Waals surface area contributed by atoms with E-state index in [-0.39, 0.29) is 23.4 Å². The zero-order chi connectivity index (χ0) is 29.4. The van der Waals surface area contributed by atoms with E-state index in [1.54, 1.807) is 54.6 Å². The predicted octanol–water partition coefficient (Wildman–Crippen LogP) is 5.59. The average Bonchev–Trinajstić information content (AvgIpc) is 2.98. The Morgan fingerprint density at radius 1 is 0.927 bits per heavy atom. The van der Waals surface area contributed by atoms with E-state index in [0.717, 1.165) is 42.0 Å². The Morgan fingerprint density at radius 2 is 1.56 bits per heavy atom. The highest BCUT2D eigenvalue weighted by Crippen LogP contribution is 2.25. The number of benzene rings is 3. The van der Waals surface area contributed by atoms with E-state index in [4.69, 9.17) is 0 Å². The van der Waals surface area contributed by atoms with Crippen LogP contribution in [-0.2, 0) is 26.2 Å². The van der Waals surface area contributed by atoms with Gasteiger partial charge in [-0.3, -0.25) is 13.9 Å². The largest absolute Gasteiger partial charge is 0.352 e. The Bertz CT molecular complexity index is 1410. The van der Waals surface area contributed by atoms with Crippen LogP contribution in [0.1, 0.15) is 56.6 Å². The normalized spacial score (nSPS) is 14.7. The number of rotatable bonds is 11. The van der Waals surface area contributed by atoms with Crippen molar-refractivity contribution in [2.45, 2.75) is 75.9 Å². The lowest BCUT2D eigenvalue weighted by Gasteiger charge is -2.34. The molecule has 7 nitrogen and oxygen atoms in total. The second kappa shape index (κ2) is 13.8. The van der Waals surface area contributed by atoms with Crippen LogP contribution < -0.4 is 9.62 Å². The average molecular weight is 580 g/mol. The molecule has 2 amide bonds. The molecule has 1 saturated carbocycles. The molecule has 0 bridgehead atoms. The van der Waals surface area contributed by atoms with Gasteiger partial charge in [0.05, 0.1) is 10.6 Å². The first-order chi connectivity index (χ1) is 19.7. The summed E-state index contributed by atoms with van der Waals surface area (Å²) in [4.78, 5) is 29.1. The molecule has 0 spiro atoms. The fourth-order valence-corrected chi connectivity index (χ4v) is 6.64. The van der Waals surface area contributed by atoms with Crippen LogP contribution in [0.25, 0.3) is 0 Å². The van der Waals surface area contributed by atoms with Crippen LogP contribution in [0.15, 0.2) is 83.8 Å². The maximum Gasteiger partial charge on any atom is 0.264 e. The SMILES string of the molecule is CC[C@H](C(=O)NC1CCCCC1)N(Cc1ccc(F)cc1)C(=O)CN(c1ccc(C)cc1)S(=O)(=O)c1ccccc1. The second-order valence-corrected chi connectivity index (χ2v) is 12.4. The number of amides is 2. The first kappa shape index (κ1) is 30.2. The van der Waals surface area contributed by atoms with Crippen molar-refractivity contribution in [3.8, 4) is 0 Å². The lowest BCUT2D eigenvalue weighted by atomic mass is 9.95. The zero-order valence-electron chi connectivity index (χ0n) is 23.6. The van der Waals surface area contributed by atoms with E-state index in [2.05, 4.69) is 5.32 Å². The topological polar surface area (TPSA) is 86.8 Å². The van der Waals surface area contributed by atoms with E-state index in [1.807, 2.05) is 13.8 Å². The molecule has 4 rings (SSSR count). The fraction of sp³-hybridized carbons (Fsp3) is 0.375. The first-order valence-electron chi connectivity index (χ1n) is 14.2. The fourth-order valence-electron chi connectivity index (χ4n) is 5.21. The summed E-state index contributed by atoms with van der Waals surface area (Å²) in [6, 6.07) is 19.8. The summed E-state index contributed by atoms with van der Waals surface area (Å²) in [6.45, 7) is 3.25. The molecule has 0 heterocycles. The van der Waals surface area contributed by atoms with E-state index < -0.39 is 34.3 Å². The van der Waals surface area contributed by atoms with Crippen LogP contribution in [0.4, 0.5) is 10.1 Å². The number of hydrogen-bond donors (Lipinski definition) is 1. The van der Waals surface area contributed by atoms with Gasteiger partial charge in [0.25, 0.3) is 10.0 Å². The number of nitrogens with one attached hydrogen (secondary N) is 1. The van der Waals surface area contributed by atoms with E-state index >= 15 is 0 Å². The van der Waals surface area contributed by atoms with Gasteiger partial charge < -0.3 is 10.2 Å². The number of carbonyl (C=O) groups excluding carboxylic acids is 2. The molecule has 0 aromatic heterocycles. The van der Waals surface area contributed by atoms with Gasteiger partial charge >= 0.3 is 0 Å². The standard InChI is InChI=1S/C32H38FN3O4S/c1-3-30(32(38)34-27-10-6-4-7-11-27)35(22-25-16-18-26(33)19-17-25)31(37)23-36(28-20-14-24(2)15-21-28)41(39,40)29-12-8-5-9-13-29/h5,8-9,12-21,27,30H,3-4,6-7,10-11,22-23H2,1-2H3,(H,34,38)/t30-/m1/s1. The minimum atomic E-state index is -4.11. The Balaban J connectivity index is 1.68. The highest BCUT2D eigenvalue weighted by Gasteiger charge is 2.34. The van der Waals surface area contributed by atoms with Crippen molar-refractivity contribution in [2.24, 2.45) is 0 Å². The maximum absolute atomic E-state index is 14.1. The second-order valence-electron chi connectivity index (χ2n) is 10.6. The van der Waals surface area contributed by atoms with Crippen molar-refractivity contribution >= 4 is 27.5 Å². The van der Waals surface area contributed by atoms with Crippen molar-refractivity contribution in [1.29, 1.82) is 0 Å². The molecule has 0 aliphatic heterocycles. The van der Waals surface area contributed by atoms with Crippen molar-refractivity contribution in [3.63, 3.8) is 0 Å². The third-order valence-electron chi connectivity index (χ3n) is 7.54. The van der Waals surface area contributed by atoms with Crippen LogP contribution in [-0.4, -0.2) is 43.8 Å². The molecule has 9 heteroatoms. The smallest absolute Gasteiger partial charge is 0.264 e. The monoisotopic (exact) mass is 579 g/mol. The molecule has 1 N–H and O–H groups in total. The Hall–Kier alpha value is -3.72. The van der Waals surface area contributed by atoms with E-state index in [0.29, 0.717) is 17.7 Å². The van der Waals surface area contributed by atoms with Crippen LogP contribution in [0, 0.1) is 12.7 Å². The molecular weight excluding hydrogens is 541 g/mol. The van der Waals surface area contributed by atoms with Crippen molar-refractivity contribution in [2.75, 3.05) is 10.8 Å². The van der Waals surface area contributed by atoms with Crippen LogP contribution in [0.3, 0.4) is 0 Å². The molecule has 1 aliphatic rings. The first-order valence-corrected chi connectivity index (χ1v) is 15.6. The van der Waals surface area contributed by atoms with Gasteiger partial charge in [-0.1, -0.05) is 74.2 Å². The molecule has 1 fully saturated rings. The minimum Gasteiger partial charge on any atom is -0.352 e.